The van der Waals surface area contributed by atoms with Gasteiger partial charge in [0.25, 0.3) is 0 Å². The van der Waals surface area contributed by atoms with Gasteiger partial charge < -0.3 is 19.3 Å². The summed E-state index contributed by atoms with van der Waals surface area (Å²) < 4.78 is 16.7. The molecule has 0 unspecified atom stereocenters. The maximum atomic E-state index is 12.3. The van der Waals surface area contributed by atoms with Gasteiger partial charge in [-0.15, -0.1) is 0 Å². The van der Waals surface area contributed by atoms with E-state index >= 15 is 0 Å². The van der Waals surface area contributed by atoms with Gasteiger partial charge in [-0.2, -0.15) is 0 Å². The predicted octanol–water partition coefficient (Wildman–Crippen LogP) is 4.48. The summed E-state index contributed by atoms with van der Waals surface area (Å²) in [7, 11) is 3.10. The summed E-state index contributed by atoms with van der Waals surface area (Å²) in [5.41, 5.74) is 0.723. The Hall–Kier alpha value is -2.95. The van der Waals surface area contributed by atoms with Crippen LogP contribution in [0.25, 0.3) is 6.08 Å². The van der Waals surface area contributed by atoms with E-state index in [-0.39, 0.29) is 11.5 Å². The molecular formula is C21H24O5. The molecule has 0 saturated carbocycles. The normalized spacial score (nSPS) is 11.4. The number of phenols is 1. The van der Waals surface area contributed by atoms with Crippen molar-refractivity contribution < 1.29 is 24.1 Å². The van der Waals surface area contributed by atoms with Gasteiger partial charge in [-0.3, -0.25) is 4.79 Å². The summed E-state index contributed by atoms with van der Waals surface area (Å²) in [5.74, 6) is 1.38. The van der Waals surface area contributed by atoms with Gasteiger partial charge in [-0.1, -0.05) is 18.2 Å². The van der Waals surface area contributed by atoms with Gasteiger partial charge in [0.05, 0.1) is 14.2 Å². The van der Waals surface area contributed by atoms with Crippen LogP contribution in [0.1, 0.15) is 36.7 Å². The zero-order valence-corrected chi connectivity index (χ0v) is 15.7. The van der Waals surface area contributed by atoms with Gasteiger partial charge in [-0.25, -0.2) is 0 Å². The minimum Gasteiger partial charge on any atom is -0.508 e. The standard InChI is InChI=1S/C21H24O5/c1-21(2,3)26-19-12-14(11-18(24-4)20(19)25-5)9-10-17(23)15-7-6-8-16(22)13-15/h6-13,22H,1-5H3/b10-9+. The van der Waals surface area contributed by atoms with Crippen LogP contribution in [0.4, 0.5) is 0 Å². The first-order valence-electron chi connectivity index (χ1n) is 8.20. The average Bonchev–Trinajstić information content (AvgIpc) is 2.57. The lowest BCUT2D eigenvalue weighted by Gasteiger charge is -2.24. The zero-order valence-electron chi connectivity index (χ0n) is 15.7. The Balaban J connectivity index is 2.36. The molecule has 0 bridgehead atoms. The van der Waals surface area contributed by atoms with Crippen LogP contribution in [-0.2, 0) is 0 Å². The number of allylic oxidation sites excluding steroid dienone is 1. The van der Waals surface area contributed by atoms with E-state index in [1.54, 1.807) is 44.6 Å². The van der Waals surface area contributed by atoms with Crippen molar-refractivity contribution in [3.63, 3.8) is 0 Å². The van der Waals surface area contributed by atoms with Crippen molar-refractivity contribution in [1.82, 2.24) is 0 Å². The summed E-state index contributed by atoms with van der Waals surface area (Å²) in [4.78, 5) is 12.3. The lowest BCUT2D eigenvalue weighted by atomic mass is 10.1. The molecule has 26 heavy (non-hydrogen) atoms. The quantitative estimate of drug-likeness (QED) is 0.610. The summed E-state index contributed by atoms with van der Waals surface area (Å²) in [6.07, 6.45) is 3.11. The number of ketones is 1. The van der Waals surface area contributed by atoms with Crippen LogP contribution in [-0.4, -0.2) is 30.7 Å². The number of ether oxygens (including phenoxy) is 3. The molecule has 0 fully saturated rings. The van der Waals surface area contributed by atoms with Crippen LogP contribution < -0.4 is 14.2 Å². The lowest BCUT2D eigenvalue weighted by molar-refractivity contribution is 0.104. The number of hydrogen-bond acceptors (Lipinski definition) is 5. The number of aromatic hydroxyl groups is 1. The Morgan fingerprint density at radius 2 is 1.73 bits per heavy atom. The van der Waals surface area contributed by atoms with E-state index in [0.717, 1.165) is 5.56 Å². The van der Waals surface area contributed by atoms with Crippen LogP contribution in [0.15, 0.2) is 42.5 Å². The molecule has 0 spiro atoms. The van der Waals surface area contributed by atoms with Crippen LogP contribution in [0.5, 0.6) is 23.0 Å². The number of rotatable bonds is 6. The summed E-state index contributed by atoms with van der Waals surface area (Å²) >= 11 is 0. The van der Waals surface area contributed by atoms with Crippen molar-refractivity contribution >= 4 is 11.9 Å². The molecule has 1 N–H and O–H groups in total. The van der Waals surface area contributed by atoms with Gasteiger partial charge in [0.1, 0.15) is 11.4 Å². The van der Waals surface area contributed by atoms with Crippen molar-refractivity contribution in [2.45, 2.75) is 26.4 Å². The molecule has 2 aromatic rings. The first-order chi connectivity index (χ1) is 12.2. The molecule has 0 aliphatic heterocycles. The summed E-state index contributed by atoms with van der Waals surface area (Å²) in [6.45, 7) is 5.81. The van der Waals surface area contributed by atoms with Crippen LogP contribution in [0, 0.1) is 0 Å². The van der Waals surface area contributed by atoms with E-state index in [4.69, 9.17) is 14.2 Å². The van der Waals surface area contributed by atoms with Crippen LogP contribution >= 0.6 is 0 Å². The van der Waals surface area contributed by atoms with E-state index in [1.165, 1.54) is 18.2 Å². The Morgan fingerprint density at radius 3 is 2.31 bits per heavy atom. The monoisotopic (exact) mass is 356 g/mol. The number of carbonyl (C=O) groups excluding carboxylic acids is 1. The molecule has 2 aromatic carbocycles. The van der Waals surface area contributed by atoms with E-state index < -0.39 is 5.60 Å². The van der Waals surface area contributed by atoms with Crippen LogP contribution in [0.2, 0.25) is 0 Å². The smallest absolute Gasteiger partial charge is 0.203 e. The Labute approximate surface area is 153 Å². The molecule has 0 amide bonds. The van der Waals surface area contributed by atoms with Crippen molar-refractivity contribution in [1.29, 1.82) is 0 Å². The molecule has 0 radical (unpaired) electrons. The Kier molecular flexibility index (Phi) is 5.93. The molecule has 0 heterocycles. The van der Waals surface area contributed by atoms with Gasteiger partial charge >= 0.3 is 0 Å². The molecular weight excluding hydrogens is 332 g/mol. The summed E-state index contributed by atoms with van der Waals surface area (Å²) in [6, 6.07) is 9.77. The number of hydrogen-bond donors (Lipinski definition) is 1. The molecule has 2 rings (SSSR count). The number of carbonyl (C=O) groups is 1. The third-order valence-electron chi connectivity index (χ3n) is 3.44. The average molecular weight is 356 g/mol. The third-order valence-corrected chi connectivity index (χ3v) is 3.44. The highest BCUT2D eigenvalue weighted by Gasteiger charge is 2.19. The SMILES string of the molecule is COc1cc(/C=C/C(=O)c2cccc(O)c2)cc(OC(C)(C)C)c1OC. The van der Waals surface area contributed by atoms with Gasteiger partial charge in [0, 0.05) is 5.56 Å². The second kappa shape index (κ2) is 7.95. The van der Waals surface area contributed by atoms with Crippen molar-refractivity contribution in [3.05, 3.63) is 53.6 Å². The maximum absolute atomic E-state index is 12.3. The maximum Gasteiger partial charge on any atom is 0.203 e. The van der Waals surface area contributed by atoms with E-state index in [2.05, 4.69) is 0 Å². The Morgan fingerprint density at radius 1 is 1.04 bits per heavy atom. The number of methoxy groups -OCH3 is 2. The van der Waals surface area contributed by atoms with Gasteiger partial charge in [0.15, 0.2) is 17.3 Å². The number of benzene rings is 2. The van der Waals surface area contributed by atoms with Crippen molar-refractivity contribution in [3.8, 4) is 23.0 Å². The number of phenolic OH excluding ortho intramolecular Hbond substituents is 1. The fourth-order valence-corrected chi connectivity index (χ4v) is 2.38. The zero-order chi connectivity index (χ0) is 19.3. The second-order valence-corrected chi connectivity index (χ2v) is 6.72. The third kappa shape index (κ3) is 5.02. The van der Waals surface area contributed by atoms with Crippen molar-refractivity contribution in [2.75, 3.05) is 14.2 Å². The van der Waals surface area contributed by atoms with E-state index in [9.17, 15) is 9.90 Å². The largest absolute Gasteiger partial charge is 0.508 e. The lowest BCUT2D eigenvalue weighted by Crippen LogP contribution is -2.23. The van der Waals surface area contributed by atoms with Gasteiger partial charge in [-0.05, 0) is 56.7 Å². The van der Waals surface area contributed by atoms with E-state index in [0.29, 0.717) is 22.8 Å². The fourth-order valence-electron chi connectivity index (χ4n) is 2.38. The summed E-state index contributed by atoms with van der Waals surface area (Å²) in [5, 5.41) is 9.49. The molecule has 0 saturated heterocycles. The molecule has 5 heteroatoms. The molecule has 0 atom stereocenters. The predicted molar refractivity (Wildman–Crippen MR) is 101 cm³/mol. The minimum atomic E-state index is -0.419. The molecule has 0 aromatic heterocycles. The Bertz CT molecular complexity index is 816. The molecule has 0 aliphatic carbocycles. The highest BCUT2D eigenvalue weighted by molar-refractivity contribution is 6.07. The molecule has 0 aliphatic rings. The van der Waals surface area contributed by atoms with Crippen molar-refractivity contribution in [2.24, 2.45) is 0 Å². The molecule has 5 nitrogen and oxygen atoms in total. The topological polar surface area (TPSA) is 65.0 Å². The minimum absolute atomic E-state index is 0.0521. The van der Waals surface area contributed by atoms with Gasteiger partial charge in [0.2, 0.25) is 5.75 Å². The van der Waals surface area contributed by atoms with Crippen LogP contribution in [0.3, 0.4) is 0 Å². The second-order valence-electron chi connectivity index (χ2n) is 6.72. The first kappa shape index (κ1) is 19.4. The highest BCUT2D eigenvalue weighted by Crippen LogP contribution is 2.40. The fraction of sp³-hybridized carbons (Fsp3) is 0.286. The molecule has 138 valence electrons. The first-order valence-corrected chi connectivity index (χ1v) is 8.20. The highest BCUT2D eigenvalue weighted by atomic mass is 16.5. The van der Waals surface area contributed by atoms with E-state index in [1.807, 2.05) is 20.8 Å².